The van der Waals surface area contributed by atoms with Gasteiger partial charge in [0.05, 0.1) is 5.75 Å². The summed E-state index contributed by atoms with van der Waals surface area (Å²) in [7, 11) is -1.97. The number of nitrogens with one attached hydrogen (secondary N) is 1. The van der Waals surface area contributed by atoms with E-state index in [2.05, 4.69) is 15.4 Å². The van der Waals surface area contributed by atoms with Crippen LogP contribution in [0, 0.1) is 5.92 Å². The van der Waals surface area contributed by atoms with Gasteiger partial charge in [0.2, 0.25) is 20.9 Å². The van der Waals surface area contributed by atoms with Gasteiger partial charge in [0, 0.05) is 19.5 Å². The zero-order chi connectivity index (χ0) is 13.9. The minimum Gasteiger partial charge on any atom is -0.355 e. The van der Waals surface area contributed by atoms with Crippen LogP contribution < -0.4 is 5.32 Å². The molecule has 1 aromatic rings. The molecule has 7 nitrogen and oxygen atoms in total. The Balaban J connectivity index is 1.85. The lowest BCUT2D eigenvalue weighted by molar-refractivity contribution is -0.124. The van der Waals surface area contributed by atoms with Crippen LogP contribution in [-0.2, 0) is 21.7 Å². The van der Waals surface area contributed by atoms with Gasteiger partial charge >= 0.3 is 0 Å². The van der Waals surface area contributed by atoms with E-state index in [1.54, 1.807) is 0 Å². The number of rotatable bonds is 5. The zero-order valence-electron chi connectivity index (χ0n) is 10.9. The van der Waals surface area contributed by atoms with E-state index in [-0.39, 0.29) is 29.3 Å². The third-order valence-electron chi connectivity index (χ3n) is 3.34. The zero-order valence-corrected chi connectivity index (χ0v) is 11.7. The second kappa shape index (κ2) is 5.68. The summed E-state index contributed by atoms with van der Waals surface area (Å²) in [5.41, 5.74) is 0. The molecule has 0 spiro atoms. The molecular weight excluding hydrogens is 268 g/mol. The van der Waals surface area contributed by atoms with Crippen molar-refractivity contribution in [3.63, 3.8) is 0 Å². The van der Waals surface area contributed by atoms with Gasteiger partial charge in [-0.3, -0.25) is 4.79 Å². The Morgan fingerprint density at radius 1 is 1.47 bits per heavy atom. The Morgan fingerprint density at radius 2 is 2.16 bits per heavy atom. The molecule has 0 bridgehead atoms. The first kappa shape index (κ1) is 14.0. The highest BCUT2D eigenvalue weighted by Crippen LogP contribution is 2.24. The van der Waals surface area contributed by atoms with Crippen molar-refractivity contribution in [2.45, 2.75) is 30.8 Å². The first-order valence-electron chi connectivity index (χ1n) is 6.35. The summed E-state index contributed by atoms with van der Waals surface area (Å²) in [6, 6.07) is 0. The third-order valence-corrected chi connectivity index (χ3v) is 5.01. The van der Waals surface area contributed by atoms with Gasteiger partial charge in [0.25, 0.3) is 0 Å². The van der Waals surface area contributed by atoms with Crippen LogP contribution in [0.3, 0.4) is 0 Å². The smallest absolute Gasteiger partial charge is 0.245 e. The van der Waals surface area contributed by atoms with Crippen LogP contribution >= 0.6 is 0 Å². The summed E-state index contributed by atoms with van der Waals surface area (Å²) >= 11 is 0. The van der Waals surface area contributed by atoms with Gasteiger partial charge in [-0.15, -0.1) is 0 Å². The largest absolute Gasteiger partial charge is 0.355 e. The molecule has 1 aromatic heterocycles. The van der Waals surface area contributed by atoms with Crippen LogP contribution in [-0.4, -0.2) is 41.4 Å². The lowest BCUT2D eigenvalue weighted by Gasteiger charge is -2.10. The second-order valence-electron chi connectivity index (χ2n) is 4.76. The molecule has 1 aliphatic rings. The van der Waals surface area contributed by atoms with Gasteiger partial charge in [0.15, 0.2) is 0 Å². The van der Waals surface area contributed by atoms with Crippen LogP contribution in [0.4, 0.5) is 0 Å². The molecule has 1 saturated carbocycles. The summed E-state index contributed by atoms with van der Waals surface area (Å²) in [5, 5.41) is 6.35. The minimum atomic E-state index is -3.49. The quantitative estimate of drug-likeness (QED) is 0.815. The summed E-state index contributed by atoms with van der Waals surface area (Å²) < 4.78 is 25.1. The highest BCUT2D eigenvalue weighted by Gasteiger charge is 2.24. The summed E-state index contributed by atoms with van der Waals surface area (Å²) in [6.07, 6.45) is 5.17. The van der Waals surface area contributed by atoms with Crippen molar-refractivity contribution in [3.8, 4) is 0 Å². The van der Waals surface area contributed by atoms with Gasteiger partial charge in [-0.25, -0.2) is 18.1 Å². The second-order valence-corrected chi connectivity index (χ2v) is 6.76. The minimum absolute atomic E-state index is 0.0364. The Labute approximate surface area is 112 Å². The number of sulfone groups is 1. The summed E-state index contributed by atoms with van der Waals surface area (Å²) in [4.78, 5) is 15.5. The maximum Gasteiger partial charge on any atom is 0.245 e. The molecule has 8 heteroatoms. The average molecular weight is 286 g/mol. The van der Waals surface area contributed by atoms with Gasteiger partial charge in [-0.1, -0.05) is 12.8 Å². The fraction of sp³-hybridized carbons (Fsp3) is 0.727. The molecule has 2 rings (SSSR count). The number of amides is 1. The van der Waals surface area contributed by atoms with Crippen LogP contribution in [0.25, 0.3) is 0 Å². The maximum absolute atomic E-state index is 11.9. The van der Waals surface area contributed by atoms with E-state index in [4.69, 9.17) is 0 Å². The fourth-order valence-electron chi connectivity index (χ4n) is 2.30. The monoisotopic (exact) mass is 286 g/mol. The van der Waals surface area contributed by atoms with Crippen LogP contribution in [0.15, 0.2) is 11.5 Å². The van der Waals surface area contributed by atoms with Gasteiger partial charge in [0.1, 0.15) is 6.33 Å². The third kappa shape index (κ3) is 3.31. The van der Waals surface area contributed by atoms with E-state index in [1.165, 1.54) is 18.1 Å². The lowest BCUT2D eigenvalue weighted by Crippen LogP contribution is -2.33. The average Bonchev–Trinajstić information content (AvgIpc) is 2.98. The highest BCUT2D eigenvalue weighted by molar-refractivity contribution is 7.91. The molecule has 0 atom stereocenters. The van der Waals surface area contributed by atoms with Crippen molar-refractivity contribution < 1.29 is 13.2 Å². The van der Waals surface area contributed by atoms with Crippen molar-refractivity contribution in [2.24, 2.45) is 13.0 Å². The molecule has 1 amide bonds. The SMILES string of the molecule is Cn1ncnc1S(=O)(=O)CCNC(=O)C1CCCC1. The van der Waals surface area contributed by atoms with E-state index >= 15 is 0 Å². The van der Waals surface area contributed by atoms with Crippen LogP contribution in [0.1, 0.15) is 25.7 Å². The highest BCUT2D eigenvalue weighted by atomic mass is 32.2. The molecule has 0 saturated heterocycles. The van der Waals surface area contributed by atoms with Gasteiger partial charge in [-0.05, 0) is 12.8 Å². The van der Waals surface area contributed by atoms with E-state index in [0.717, 1.165) is 25.7 Å². The number of aryl methyl sites for hydroxylation is 1. The van der Waals surface area contributed by atoms with Crippen molar-refractivity contribution in [3.05, 3.63) is 6.33 Å². The van der Waals surface area contributed by atoms with Crippen molar-refractivity contribution in [2.75, 3.05) is 12.3 Å². The van der Waals surface area contributed by atoms with Crippen molar-refractivity contribution in [1.82, 2.24) is 20.1 Å². The standard InChI is InChI=1S/C11H18N4O3S/c1-15-11(13-8-14-15)19(17,18)7-6-12-10(16)9-4-2-3-5-9/h8-9H,2-7H2,1H3,(H,12,16). The number of nitrogens with zero attached hydrogens (tertiary/aromatic N) is 3. The van der Waals surface area contributed by atoms with Crippen LogP contribution in [0.2, 0.25) is 0 Å². The predicted molar refractivity (Wildman–Crippen MR) is 68.0 cm³/mol. The maximum atomic E-state index is 11.9. The van der Waals surface area contributed by atoms with Crippen LogP contribution in [0.5, 0.6) is 0 Å². The number of aromatic nitrogens is 3. The predicted octanol–water partition coefficient (Wildman–Crippen LogP) is -0.105. The Bertz CT molecular complexity index is 546. The molecular formula is C11H18N4O3S. The van der Waals surface area contributed by atoms with E-state index in [1.807, 2.05) is 0 Å². The van der Waals surface area contributed by atoms with Gasteiger partial charge in [-0.2, -0.15) is 5.10 Å². The molecule has 1 heterocycles. The number of hydrogen-bond donors (Lipinski definition) is 1. The Kier molecular flexibility index (Phi) is 4.18. The van der Waals surface area contributed by atoms with E-state index in [9.17, 15) is 13.2 Å². The summed E-state index contributed by atoms with van der Waals surface area (Å²) in [6.45, 7) is 0.116. The molecule has 19 heavy (non-hydrogen) atoms. The topological polar surface area (TPSA) is 93.9 Å². The first-order chi connectivity index (χ1) is 9.00. The molecule has 0 aliphatic heterocycles. The normalized spacial score (nSPS) is 16.7. The van der Waals surface area contributed by atoms with Gasteiger partial charge < -0.3 is 5.32 Å². The molecule has 1 N–H and O–H groups in total. The number of carbonyl (C=O) groups is 1. The van der Waals surface area contributed by atoms with Crippen molar-refractivity contribution in [1.29, 1.82) is 0 Å². The lowest BCUT2D eigenvalue weighted by atomic mass is 10.1. The number of hydrogen-bond acceptors (Lipinski definition) is 5. The Morgan fingerprint density at radius 3 is 2.74 bits per heavy atom. The summed E-state index contributed by atoms with van der Waals surface area (Å²) in [5.74, 6) is -0.138. The molecule has 106 valence electrons. The van der Waals surface area contributed by atoms with E-state index in [0.29, 0.717) is 0 Å². The van der Waals surface area contributed by atoms with Crippen molar-refractivity contribution >= 4 is 15.7 Å². The molecule has 1 fully saturated rings. The molecule has 0 aromatic carbocycles. The molecule has 0 unspecified atom stereocenters. The number of carbonyl (C=O) groups excluding carboxylic acids is 1. The molecule has 1 aliphatic carbocycles. The van der Waals surface area contributed by atoms with E-state index < -0.39 is 9.84 Å². The fourth-order valence-corrected chi connectivity index (χ4v) is 3.51. The Hall–Kier alpha value is -1.44. The first-order valence-corrected chi connectivity index (χ1v) is 8.00. The molecule has 0 radical (unpaired) electrons.